The van der Waals surface area contributed by atoms with Crippen LogP contribution in [0.5, 0.6) is 0 Å². The maximum absolute atomic E-state index is 7.59. The molecule has 0 aliphatic carbocycles. The van der Waals surface area contributed by atoms with Gasteiger partial charge < -0.3 is 4.57 Å². The summed E-state index contributed by atoms with van der Waals surface area (Å²) in [4.78, 5) is 8.62. The van der Waals surface area contributed by atoms with E-state index in [9.17, 15) is 0 Å². The van der Waals surface area contributed by atoms with Gasteiger partial charge in [-0.2, -0.15) is 0 Å². The van der Waals surface area contributed by atoms with Crippen LogP contribution in [0.25, 0.3) is 54.5 Å². The van der Waals surface area contributed by atoms with Crippen molar-refractivity contribution in [2.45, 2.75) is 33.1 Å². The zero-order chi connectivity index (χ0) is 25.9. The molecule has 4 heteroatoms. The minimum absolute atomic E-state index is 0.0244. The second kappa shape index (κ2) is 8.28. The Hall–Kier alpha value is -4.49. The normalized spacial score (nSPS) is 11.9. The number of hydrogen-bond donors (Lipinski definition) is 0. The van der Waals surface area contributed by atoms with E-state index in [-0.39, 0.29) is 5.41 Å². The molecule has 4 nitrogen and oxygen atoms in total. The van der Waals surface area contributed by atoms with E-state index in [0.717, 1.165) is 33.3 Å². The highest BCUT2D eigenvalue weighted by Gasteiger charge is 2.28. The molecule has 0 saturated carbocycles. The first-order valence-corrected chi connectivity index (χ1v) is 12.6. The lowest BCUT2D eigenvalue weighted by molar-refractivity contribution is -0.662. The third-order valence-corrected chi connectivity index (χ3v) is 7.38. The summed E-state index contributed by atoms with van der Waals surface area (Å²) in [6.45, 7) is 16.7. The number of rotatable bonds is 2. The zero-order valence-corrected chi connectivity index (χ0v) is 21.9. The van der Waals surface area contributed by atoms with E-state index in [1.807, 2.05) is 24.5 Å². The van der Waals surface area contributed by atoms with Gasteiger partial charge in [-0.3, -0.25) is 0 Å². The van der Waals surface area contributed by atoms with Crippen molar-refractivity contribution in [2.24, 2.45) is 7.05 Å². The lowest BCUT2D eigenvalue weighted by Gasteiger charge is -2.24. The van der Waals surface area contributed by atoms with Crippen molar-refractivity contribution in [1.82, 2.24) is 9.55 Å². The summed E-state index contributed by atoms with van der Waals surface area (Å²) in [5.74, 6) is 0. The van der Waals surface area contributed by atoms with E-state index in [0.29, 0.717) is 5.69 Å². The van der Waals surface area contributed by atoms with E-state index in [2.05, 4.69) is 109 Å². The average molecular weight is 482 g/mol. The molecule has 0 saturated heterocycles. The first-order chi connectivity index (χ1) is 17.8. The molecule has 0 aliphatic heterocycles. The van der Waals surface area contributed by atoms with Crippen LogP contribution in [0.2, 0.25) is 0 Å². The maximum atomic E-state index is 7.59. The molecule has 0 bridgehead atoms. The smallest absolute Gasteiger partial charge is 0.287 e. The van der Waals surface area contributed by atoms with E-state index in [4.69, 9.17) is 11.6 Å². The van der Waals surface area contributed by atoms with Crippen molar-refractivity contribution in [3.8, 4) is 16.9 Å². The summed E-state index contributed by atoms with van der Waals surface area (Å²) in [6, 6.07) is 27.4. The molecule has 6 rings (SSSR count). The Labute approximate surface area is 217 Å². The number of benzene rings is 4. The van der Waals surface area contributed by atoms with E-state index >= 15 is 0 Å². The van der Waals surface area contributed by atoms with Gasteiger partial charge >= 0.3 is 0 Å². The quantitative estimate of drug-likeness (QED) is 0.182. The molecule has 0 N–H and O–H groups in total. The number of fused-ring (bicyclic) bond motifs is 4. The van der Waals surface area contributed by atoms with Crippen molar-refractivity contribution < 1.29 is 4.57 Å². The van der Waals surface area contributed by atoms with Gasteiger partial charge in [0, 0.05) is 16.6 Å². The predicted molar refractivity (Wildman–Crippen MR) is 152 cm³/mol. The third kappa shape index (κ3) is 3.50. The molecule has 37 heavy (non-hydrogen) atoms. The minimum atomic E-state index is -0.0244. The summed E-state index contributed by atoms with van der Waals surface area (Å²) in [5.41, 5.74) is 9.55. The van der Waals surface area contributed by atoms with Crippen LogP contribution in [0.1, 0.15) is 31.9 Å². The van der Waals surface area contributed by atoms with Gasteiger partial charge in [0.25, 0.3) is 6.33 Å². The molecule has 0 spiro atoms. The standard InChI is InChI=1S/C33H29N4/c1-21-24-14-10-11-15-25(24)28(33(2,3)4)19-26(21)31-32-30(35-20-36(31)6)27-18-22(34-5)16-17-29(27)37(32)23-12-8-7-9-13-23/h7-20H,1-4,6H3/q+1. The van der Waals surface area contributed by atoms with Crippen molar-refractivity contribution in [1.29, 1.82) is 0 Å². The van der Waals surface area contributed by atoms with Crippen LogP contribution in [0.3, 0.4) is 0 Å². The monoisotopic (exact) mass is 481 g/mol. The summed E-state index contributed by atoms with van der Waals surface area (Å²) in [7, 11) is 2.07. The second-order valence-electron chi connectivity index (χ2n) is 10.8. The van der Waals surface area contributed by atoms with Crippen molar-refractivity contribution >= 4 is 38.4 Å². The lowest BCUT2D eigenvalue weighted by Crippen LogP contribution is -2.32. The molecule has 180 valence electrons. The first-order valence-electron chi connectivity index (χ1n) is 12.6. The molecule has 4 aromatic carbocycles. The zero-order valence-electron chi connectivity index (χ0n) is 21.9. The van der Waals surface area contributed by atoms with Crippen LogP contribution in [-0.4, -0.2) is 9.55 Å². The highest BCUT2D eigenvalue weighted by Crippen LogP contribution is 2.41. The van der Waals surface area contributed by atoms with E-state index in [1.165, 1.54) is 27.5 Å². The highest BCUT2D eigenvalue weighted by molar-refractivity contribution is 6.12. The van der Waals surface area contributed by atoms with Gasteiger partial charge in [-0.1, -0.05) is 69.3 Å². The Morgan fingerprint density at radius 2 is 1.57 bits per heavy atom. The summed E-state index contributed by atoms with van der Waals surface area (Å²) < 4.78 is 4.44. The fourth-order valence-electron chi connectivity index (χ4n) is 5.60. The Morgan fingerprint density at radius 3 is 2.27 bits per heavy atom. The highest BCUT2D eigenvalue weighted by atomic mass is 15.1. The predicted octanol–water partition coefficient (Wildman–Crippen LogP) is 7.98. The molecule has 6 aromatic rings. The van der Waals surface area contributed by atoms with Crippen molar-refractivity contribution in [2.75, 3.05) is 0 Å². The van der Waals surface area contributed by atoms with Crippen LogP contribution in [0, 0.1) is 13.5 Å². The van der Waals surface area contributed by atoms with Crippen LogP contribution in [-0.2, 0) is 12.5 Å². The molecule has 0 amide bonds. The van der Waals surface area contributed by atoms with Crippen LogP contribution in [0.15, 0.2) is 85.2 Å². The minimum Gasteiger partial charge on any atom is -0.302 e. The van der Waals surface area contributed by atoms with E-state index < -0.39 is 0 Å². The Kier molecular flexibility index (Phi) is 5.14. The average Bonchev–Trinajstić information content (AvgIpc) is 3.22. The van der Waals surface area contributed by atoms with Gasteiger partial charge in [0.2, 0.25) is 5.52 Å². The van der Waals surface area contributed by atoms with Crippen LogP contribution < -0.4 is 4.57 Å². The largest absolute Gasteiger partial charge is 0.302 e. The molecule has 2 heterocycles. The Morgan fingerprint density at radius 1 is 0.865 bits per heavy atom. The number of para-hydroxylation sites is 1. The Balaban J connectivity index is 1.84. The maximum Gasteiger partial charge on any atom is 0.287 e. The molecule has 2 aromatic heterocycles. The number of hydrogen-bond acceptors (Lipinski definition) is 1. The SMILES string of the molecule is [C-]#[N+]c1ccc2c(c1)c1nc[n+](C)c(-c3cc(C(C)(C)C)c4ccccc4c3C)c1n2-c1ccccc1. The van der Waals surface area contributed by atoms with Gasteiger partial charge in [0.1, 0.15) is 5.52 Å². The molecule has 0 atom stereocenters. The van der Waals surface area contributed by atoms with Crippen molar-refractivity contribution in [3.05, 3.63) is 108 Å². The van der Waals surface area contributed by atoms with Crippen LogP contribution in [0.4, 0.5) is 5.69 Å². The van der Waals surface area contributed by atoms with E-state index in [1.54, 1.807) is 0 Å². The first kappa shape index (κ1) is 22.9. The number of aryl methyl sites for hydroxylation is 2. The summed E-state index contributed by atoms with van der Waals surface area (Å²) in [5, 5.41) is 3.56. The lowest BCUT2D eigenvalue weighted by atomic mass is 9.80. The second-order valence-corrected chi connectivity index (χ2v) is 10.8. The third-order valence-electron chi connectivity index (χ3n) is 7.38. The summed E-state index contributed by atoms with van der Waals surface area (Å²) in [6.07, 6.45) is 1.91. The molecular weight excluding hydrogens is 452 g/mol. The molecule has 0 aliphatic rings. The van der Waals surface area contributed by atoms with Gasteiger partial charge in [-0.25, -0.2) is 9.41 Å². The summed E-state index contributed by atoms with van der Waals surface area (Å²) >= 11 is 0. The fourth-order valence-corrected chi connectivity index (χ4v) is 5.60. The van der Waals surface area contributed by atoms with Gasteiger partial charge in [-0.15, -0.1) is 0 Å². The topological polar surface area (TPSA) is 26.1 Å². The van der Waals surface area contributed by atoms with Gasteiger partial charge in [0.15, 0.2) is 11.4 Å². The molecule has 0 unspecified atom stereocenters. The molecule has 0 fully saturated rings. The molecular formula is C33H29N4+. The fraction of sp³-hybridized carbons (Fsp3) is 0.182. The number of nitrogens with zero attached hydrogens (tertiary/aromatic N) is 4. The van der Waals surface area contributed by atoms with Gasteiger partial charge in [0.05, 0.1) is 19.1 Å². The number of aromatic nitrogens is 3. The van der Waals surface area contributed by atoms with Crippen molar-refractivity contribution in [3.63, 3.8) is 0 Å². The Bertz CT molecular complexity index is 1880. The van der Waals surface area contributed by atoms with Gasteiger partial charge in [-0.05, 0) is 69.6 Å². The van der Waals surface area contributed by atoms with Crippen LogP contribution >= 0.6 is 0 Å². The molecule has 0 radical (unpaired) electrons.